The summed E-state index contributed by atoms with van der Waals surface area (Å²) >= 11 is 0. The highest BCUT2D eigenvalue weighted by Gasteiger charge is 2.17. The summed E-state index contributed by atoms with van der Waals surface area (Å²) in [5, 5.41) is 3.55. The molecule has 2 heteroatoms. The van der Waals surface area contributed by atoms with Crippen LogP contribution in [0.3, 0.4) is 0 Å². The molecule has 1 nitrogen and oxygen atoms in total. The van der Waals surface area contributed by atoms with Crippen molar-refractivity contribution in [3.8, 4) is 0 Å². The molecule has 1 N–H and O–H groups in total. The molecular weight excluding hydrogens is 237 g/mol. The van der Waals surface area contributed by atoms with Crippen LogP contribution < -0.4 is 5.32 Å². The topological polar surface area (TPSA) is 12.0 Å². The summed E-state index contributed by atoms with van der Waals surface area (Å²) in [5.74, 6) is 1.04. The zero-order valence-electron chi connectivity index (χ0n) is 13.2. The van der Waals surface area contributed by atoms with E-state index in [1.54, 1.807) is 12.1 Å². The molecule has 1 rings (SSSR count). The van der Waals surface area contributed by atoms with Crippen LogP contribution in [-0.2, 0) is 6.42 Å². The van der Waals surface area contributed by atoms with E-state index in [0.29, 0.717) is 11.8 Å². The van der Waals surface area contributed by atoms with Crippen molar-refractivity contribution in [2.75, 3.05) is 6.54 Å². The van der Waals surface area contributed by atoms with E-state index in [9.17, 15) is 4.39 Å². The Morgan fingerprint density at radius 2 is 1.79 bits per heavy atom. The molecule has 0 saturated heterocycles. The number of hydrogen-bond acceptors (Lipinski definition) is 1. The molecule has 2 unspecified atom stereocenters. The maximum atomic E-state index is 13.1. The number of hydrogen-bond donors (Lipinski definition) is 1. The Labute approximate surface area is 117 Å². The number of aryl methyl sites for hydroxylation is 1. The normalized spacial score (nSPS) is 15.3. The van der Waals surface area contributed by atoms with E-state index in [-0.39, 0.29) is 11.4 Å². The summed E-state index contributed by atoms with van der Waals surface area (Å²) in [4.78, 5) is 0. The zero-order valence-corrected chi connectivity index (χ0v) is 13.2. The molecule has 0 spiro atoms. The van der Waals surface area contributed by atoms with Crippen molar-refractivity contribution in [3.05, 3.63) is 35.1 Å². The molecule has 0 radical (unpaired) electrons. The minimum absolute atomic E-state index is 0.142. The Hall–Kier alpha value is -0.890. The Bertz CT molecular complexity index is 406. The molecule has 1 aromatic rings. The monoisotopic (exact) mass is 265 g/mol. The molecule has 0 saturated carbocycles. The summed E-state index contributed by atoms with van der Waals surface area (Å²) in [6.07, 6.45) is 1.01. The van der Waals surface area contributed by atoms with Crippen molar-refractivity contribution in [1.29, 1.82) is 0 Å². The first-order valence-electron chi connectivity index (χ1n) is 7.19. The van der Waals surface area contributed by atoms with Gasteiger partial charge in [0.1, 0.15) is 5.82 Å². The quantitative estimate of drug-likeness (QED) is 0.835. The summed E-state index contributed by atoms with van der Waals surface area (Å²) < 4.78 is 13.1. The van der Waals surface area contributed by atoms with E-state index in [1.807, 2.05) is 13.0 Å². The number of benzene rings is 1. The van der Waals surface area contributed by atoms with Crippen LogP contribution in [-0.4, -0.2) is 12.1 Å². The van der Waals surface area contributed by atoms with Crippen LogP contribution >= 0.6 is 0 Å². The Morgan fingerprint density at radius 3 is 2.32 bits per heavy atom. The van der Waals surface area contributed by atoms with Gasteiger partial charge in [0.2, 0.25) is 0 Å². The van der Waals surface area contributed by atoms with Crippen LogP contribution in [0.1, 0.15) is 45.7 Å². The molecule has 0 aliphatic rings. The molecule has 19 heavy (non-hydrogen) atoms. The highest BCUT2D eigenvalue weighted by molar-refractivity contribution is 5.26. The van der Waals surface area contributed by atoms with Crippen molar-refractivity contribution in [1.82, 2.24) is 5.32 Å². The molecule has 0 fully saturated rings. The van der Waals surface area contributed by atoms with Gasteiger partial charge >= 0.3 is 0 Å². The third-order valence-corrected chi connectivity index (χ3v) is 3.77. The van der Waals surface area contributed by atoms with Crippen molar-refractivity contribution >= 4 is 0 Å². The SMILES string of the molecule is Cc1cc(F)ccc1CC(C)C(C)CNC(C)(C)C. The van der Waals surface area contributed by atoms with Gasteiger partial charge in [0, 0.05) is 5.54 Å². The average molecular weight is 265 g/mol. The first-order chi connectivity index (χ1) is 8.69. The van der Waals surface area contributed by atoms with Crippen LogP contribution in [0, 0.1) is 24.6 Å². The lowest BCUT2D eigenvalue weighted by atomic mass is 9.87. The van der Waals surface area contributed by atoms with Crippen molar-refractivity contribution in [2.24, 2.45) is 11.8 Å². The molecule has 1 aromatic carbocycles. The number of halogens is 1. The lowest BCUT2D eigenvalue weighted by Crippen LogP contribution is -2.40. The summed E-state index contributed by atoms with van der Waals surface area (Å²) in [7, 11) is 0. The van der Waals surface area contributed by atoms with Gasteiger partial charge in [-0.15, -0.1) is 0 Å². The lowest BCUT2D eigenvalue weighted by Gasteiger charge is -2.27. The highest BCUT2D eigenvalue weighted by Crippen LogP contribution is 2.20. The Morgan fingerprint density at radius 1 is 1.16 bits per heavy atom. The number of nitrogens with one attached hydrogen (secondary N) is 1. The van der Waals surface area contributed by atoms with Gasteiger partial charge in [-0.25, -0.2) is 4.39 Å². The van der Waals surface area contributed by atoms with E-state index in [0.717, 1.165) is 18.5 Å². The van der Waals surface area contributed by atoms with Crippen LogP contribution in [0.15, 0.2) is 18.2 Å². The minimum Gasteiger partial charge on any atom is -0.312 e. The van der Waals surface area contributed by atoms with Gasteiger partial charge in [-0.05, 0) is 75.8 Å². The first-order valence-corrected chi connectivity index (χ1v) is 7.19. The van der Waals surface area contributed by atoms with Gasteiger partial charge < -0.3 is 5.32 Å². The summed E-state index contributed by atoms with van der Waals surface area (Å²) in [6, 6.07) is 5.11. The average Bonchev–Trinajstić information content (AvgIpc) is 2.28. The van der Waals surface area contributed by atoms with Crippen molar-refractivity contribution in [3.63, 3.8) is 0 Å². The zero-order chi connectivity index (χ0) is 14.6. The minimum atomic E-state index is -0.142. The maximum Gasteiger partial charge on any atom is 0.123 e. The van der Waals surface area contributed by atoms with Gasteiger partial charge in [0.25, 0.3) is 0 Å². The maximum absolute atomic E-state index is 13.1. The Kier molecular flexibility index (Phi) is 5.54. The van der Waals surface area contributed by atoms with Gasteiger partial charge in [-0.3, -0.25) is 0 Å². The highest BCUT2D eigenvalue weighted by atomic mass is 19.1. The molecule has 0 amide bonds. The molecule has 0 bridgehead atoms. The fourth-order valence-electron chi connectivity index (χ4n) is 2.10. The molecule has 0 aliphatic carbocycles. The van der Waals surface area contributed by atoms with Crippen LogP contribution in [0.2, 0.25) is 0 Å². The molecular formula is C17H28FN. The second kappa shape index (κ2) is 6.51. The van der Waals surface area contributed by atoms with Gasteiger partial charge in [-0.2, -0.15) is 0 Å². The van der Waals surface area contributed by atoms with E-state index < -0.39 is 0 Å². The van der Waals surface area contributed by atoms with Crippen LogP contribution in [0.5, 0.6) is 0 Å². The van der Waals surface area contributed by atoms with E-state index in [1.165, 1.54) is 5.56 Å². The fraction of sp³-hybridized carbons (Fsp3) is 0.647. The van der Waals surface area contributed by atoms with Crippen LogP contribution in [0.25, 0.3) is 0 Å². The molecule has 0 heterocycles. The van der Waals surface area contributed by atoms with Gasteiger partial charge in [0.15, 0.2) is 0 Å². The standard InChI is InChI=1S/C17H28FN/c1-12(14(3)11-19-17(4,5)6)9-15-7-8-16(18)10-13(15)2/h7-8,10,12,14,19H,9,11H2,1-6H3. The van der Waals surface area contributed by atoms with E-state index in [4.69, 9.17) is 0 Å². The molecule has 108 valence electrons. The predicted octanol–water partition coefficient (Wildman–Crippen LogP) is 4.34. The van der Waals surface area contributed by atoms with Gasteiger partial charge in [0.05, 0.1) is 0 Å². The van der Waals surface area contributed by atoms with Crippen LogP contribution in [0.4, 0.5) is 4.39 Å². The Balaban J connectivity index is 2.56. The summed E-state index contributed by atoms with van der Waals surface area (Å²) in [5.41, 5.74) is 2.49. The summed E-state index contributed by atoms with van der Waals surface area (Å²) in [6.45, 7) is 14.1. The largest absolute Gasteiger partial charge is 0.312 e. The number of rotatable bonds is 5. The third-order valence-electron chi connectivity index (χ3n) is 3.77. The first kappa shape index (κ1) is 16.2. The fourth-order valence-corrected chi connectivity index (χ4v) is 2.10. The predicted molar refractivity (Wildman–Crippen MR) is 80.9 cm³/mol. The molecule has 2 atom stereocenters. The second-order valence-electron chi connectivity index (χ2n) is 6.86. The smallest absolute Gasteiger partial charge is 0.123 e. The second-order valence-corrected chi connectivity index (χ2v) is 6.86. The molecule has 0 aromatic heterocycles. The van der Waals surface area contributed by atoms with E-state index in [2.05, 4.69) is 39.9 Å². The van der Waals surface area contributed by atoms with Crippen molar-refractivity contribution in [2.45, 2.75) is 53.5 Å². The van der Waals surface area contributed by atoms with E-state index >= 15 is 0 Å². The lowest BCUT2D eigenvalue weighted by molar-refractivity contribution is 0.317. The molecule has 0 aliphatic heterocycles. The van der Waals surface area contributed by atoms with Gasteiger partial charge in [-0.1, -0.05) is 19.9 Å². The third kappa shape index (κ3) is 5.73. The van der Waals surface area contributed by atoms with Crippen molar-refractivity contribution < 1.29 is 4.39 Å².